The van der Waals surface area contributed by atoms with E-state index >= 15 is 0 Å². The molecule has 6 aromatic rings. The quantitative estimate of drug-likeness (QED) is 0.232. The van der Waals surface area contributed by atoms with Crippen LogP contribution in [0.3, 0.4) is 0 Å². The lowest BCUT2D eigenvalue weighted by atomic mass is 9.87. The van der Waals surface area contributed by atoms with Gasteiger partial charge in [-0.1, -0.05) is 84.9 Å². The fourth-order valence-corrected chi connectivity index (χ4v) is 4.69. The molecule has 0 saturated heterocycles. The third-order valence-corrected chi connectivity index (χ3v) is 5.77. The third kappa shape index (κ3) is 1.83. The molecule has 0 bridgehead atoms. The molecule has 1 nitrogen and oxygen atoms in total. The molecule has 0 amide bonds. The Morgan fingerprint density at radius 1 is 0.333 bits per heavy atom. The van der Waals surface area contributed by atoms with Crippen LogP contribution < -0.4 is 5.73 Å². The van der Waals surface area contributed by atoms with Crippen LogP contribution in [0.1, 0.15) is 0 Å². The molecular formula is C26H17N. The van der Waals surface area contributed by atoms with Gasteiger partial charge in [-0.05, 0) is 49.2 Å². The van der Waals surface area contributed by atoms with E-state index in [-0.39, 0.29) is 0 Å². The molecule has 0 atom stereocenters. The molecule has 0 fully saturated rings. The van der Waals surface area contributed by atoms with Crippen molar-refractivity contribution in [2.45, 2.75) is 0 Å². The highest BCUT2D eigenvalue weighted by Crippen LogP contribution is 2.44. The van der Waals surface area contributed by atoms with E-state index < -0.39 is 0 Å². The van der Waals surface area contributed by atoms with Gasteiger partial charge in [0, 0.05) is 16.5 Å². The number of fused-ring (bicyclic) bond motifs is 11. The van der Waals surface area contributed by atoms with E-state index in [2.05, 4.69) is 84.9 Å². The molecule has 0 heterocycles. The number of anilines is 1. The molecule has 0 saturated carbocycles. The zero-order chi connectivity index (χ0) is 18.0. The minimum atomic E-state index is 0.837. The van der Waals surface area contributed by atoms with Crippen molar-refractivity contribution >= 4 is 59.5 Å². The molecule has 27 heavy (non-hydrogen) atoms. The lowest BCUT2D eigenvalue weighted by Crippen LogP contribution is -1.92. The summed E-state index contributed by atoms with van der Waals surface area (Å²) in [7, 11) is 0. The Bertz CT molecular complexity index is 1510. The minimum absolute atomic E-state index is 0.837. The Morgan fingerprint density at radius 2 is 0.704 bits per heavy atom. The molecule has 1 heteroatoms. The molecule has 0 aromatic heterocycles. The lowest BCUT2D eigenvalue weighted by Gasteiger charge is -2.17. The van der Waals surface area contributed by atoms with Crippen LogP contribution in [0.4, 0.5) is 5.69 Å². The van der Waals surface area contributed by atoms with E-state index in [4.69, 9.17) is 5.73 Å². The average molecular weight is 343 g/mol. The number of nitrogens with two attached hydrogens (primary N) is 1. The summed E-state index contributed by atoms with van der Waals surface area (Å²) in [5, 5.41) is 12.6. The van der Waals surface area contributed by atoms with E-state index in [0.29, 0.717) is 0 Å². The van der Waals surface area contributed by atoms with Crippen molar-refractivity contribution in [3.63, 3.8) is 0 Å². The molecule has 0 aliphatic carbocycles. The van der Waals surface area contributed by atoms with E-state index in [1.165, 1.54) is 48.5 Å². The molecule has 0 unspecified atom stereocenters. The third-order valence-electron chi connectivity index (χ3n) is 5.77. The van der Waals surface area contributed by atoms with Crippen LogP contribution >= 0.6 is 0 Å². The minimum Gasteiger partial charge on any atom is -0.398 e. The van der Waals surface area contributed by atoms with Gasteiger partial charge >= 0.3 is 0 Å². The highest BCUT2D eigenvalue weighted by Gasteiger charge is 2.16. The molecule has 126 valence electrons. The second-order valence-corrected chi connectivity index (χ2v) is 7.16. The van der Waals surface area contributed by atoms with Gasteiger partial charge < -0.3 is 5.73 Å². The van der Waals surface area contributed by atoms with Gasteiger partial charge in [0.2, 0.25) is 0 Å². The maximum Gasteiger partial charge on any atom is 0.0400 e. The summed E-state index contributed by atoms with van der Waals surface area (Å²) in [6, 6.07) is 32.4. The van der Waals surface area contributed by atoms with E-state index in [9.17, 15) is 0 Å². The molecule has 0 spiro atoms. The van der Waals surface area contributed by atoms with Crippen LogP contribution in [0.15, 0.2) is 91.0 Å². The Kier molecular flexibility index (Phi) is 2.81. The van der Waals surface area contributed by atoms with Crippen LogP contribution in [0, 0.1) is 0 Å². The largest absolute Gasteiger partial charge is 0.398 e. The van der Waals surface area contributed by atoms with Crippen molar-refractivity contribution in [3.05, 3.63) is 91.0 Å². The summed E-state index contributed by atoms with van der Waals surface area (Å²) in [6.45, 7) is 0. The van der Waals surface area contributed by atoms with Gasteiger partial charge in [-0.25, -0.2) is 0 Å². The van der Waals surface area contributed by atoms with Crippen LogP contribution in [-0.4, -0.2) is 0 Å². The molecule has 0 aliphatic heterocycles. The molecule has 6 rings (SSSR count). The fourth-order valence-electron chi connectivity index (χ4n) is 4.69. The summed E-state index contributed by atoms with van der Waals surface area (Å²) in [5.41, 5.74) is 7.39. The smallest absolute Gasteiger partial charge is 0.0400 e. The summed E-state index contributed by atoms with van der Waals surface area (Å²) in [6.07, 6.45) is 0. The van der Waals surface area contributed by atoms with Crippen molar-refractivity contribution in [1.82, 2.24) is 0 Å². The normalized spacial score (nSPS) is 11.9. The number of hydrogen-bond acceptors (Lipinski definition) is 1. The predicted molar refractivity (Wildman–Crippen MR) is 118 cm³/mol. The van der Waals surface area contributed by atoms with Crippen LogP contribution in [0.5, 0.6) is 0 Å². The van der Waals surface area contributed by atoms with Gasteiger partial charge in [0.15, 0.2) is 0 Å². The Labute approximate surface area is 156 Å². The summed E-state index contributed by atoms with van der Waals surface area (Å²) >= 11 is 0. The Morgan fingerprint density at radius 3 is 1.26 bits per heavy atom. The first kappa shape index (κ1) is 14.6. The summed E-state index contributed by atoms with van der Waals surface area (Å²) in [4.78, 5) is 0. The highest BCUT2D eigenvalue weighted by atomic mass is 14.6. The summed E-state index contributed by atoms with van der Waals surface area (Å²) < 4.78 is 0. The number of rotatable bonds is 0. The van der Waals surface area contributed by atoms with Gasteiger partial charge in [-0.15, -0.1) is 0 Å². The Balaban J connectivity index is 2.15. The number of benzene rings is 6. The first-order valence-electron chi connectivity index (χ1n) is 9.26. The van der Waals surface area contributed by atoms with Crippen molar-refractivity contribution in [3.8, 4) is 0 Å². The number of hydrogen-bond donors (Lipinski definition) is 1. The maximum atomic E-state index is 6.55. The first-order valence-corrected chi connectivity index (χ1v) is 9.26. The van der Waals surface area contributed by atoms with Gasteiger partial charge in [0.25, 0.3) is 0 Å². The zero-order valence-electron chi connectivity index (χ0n) is 14.7. The van der Waals surface area contributed by atoms with Gasteiger partial charge in [0.05, 0.1) is 0 Å². The lowest BCUT2D eigenvalue weighted by molar-refractivity contribution is 1.76. The second kappa shape index (κ2) is 5.21. The molecule has 6 aromatic carbocycles. The fraction of sp³-hybridized carbons (Fsp3) is 0. The van der Waals surface area contributed by atoms with Gasteiger partial charge in [-0.2, -0.15) is 0 Å². The molecule has 0 radical (unpaired) electrons. The van der Waals surface area contributed by atoms with Gasteiger partial charge in [-0.3, -0.25) is 0 Å². The standard InChI is InChI=1S/C26H17N/c27-23-15-7-14-21-18-10-3-5-12-20(18)24-19-11-4-1-8-16(19)17-9-2-6-13-22(17)26(24)25(21)23/h1-15H,27H2. The van der Waals surface area contributed by atoms with Crippen LogP contribution in [-0.2, 0) is 0 Å². The molecule has 2 N–H and O–H groups in total. The highest BCUT2D eigenvalue weighted by molar-refractivity contribution is 6.40. The van der Waals surface area contributed by atoms with E-state index in [1.54, 1.807) is 0 Å². The predicted octanol–water partition coefficient (Wildman–Crippen LogP) is 7.03. The second-order valence-electron chi connectivity index (χ2n) is 7.16. The van der Waals surface area contributed by atoms with Crippen LogP contribution in [0.2, 0.25) is 0 Å². The zero-order valence-corrected chi connectivity index (χ0v) is 14.7. The van der Waals surface area contributed by atoms with E-state index in [1.807, 2.05) is 6.07 Å². The molecule has 0 aliphatic rings. The van der Waals surface area contributed by atoms with Crippen molar-refractivity contribution < 1.29 is 0 Å². The maximum absolute atomic E-state index is 6.55. The van der Waals surface area contributed by atoms with Crippen molar-refractivity contribution in [1.29, 1.82) is 0 Å². The Hall–Kier alpha value is -3.58. The topological polar surface area (TPSA) is 26.0 Å². The molecular weight excluding hydrogens is 326 g/mol. The SMILES string of the molecule is Nc1cccc2c3ccccc3c3c4ccccc4c4ccccc4c3c12. The van der Waals surface area contributed by atoms with Crippen molar-refractivity contribution in [2.75, 3.05) is 5.73 Å². The van der Waals surface area contributed by atoms with Gasteiger partial charge in [0.1, 0.15) is 0 Å². The number of nitrogen functional groups attached to an aromatic ring is 1. The summed E-state index contributed by atoms with van der Waals surface area (Å²) in [5.74, 6) is 0. The van der Waals surface area contributed by atoms with E-state index in [0.717, 1.165) is 11.1 Å². The first-order chi connectivity index (χ1) is 13.3. The average Bonchev–Trinajstić information content (AvgIpc) is 2.73. The monoisotopic (exact) mass is 343 g/mol. The van der Waals surface area contributed by atoms with Crippen molar-refractivity contribution in [2.24, 2.45) is 0 Å². The van der Waals surface area contributed by atoms with Crippen LogP contribution in [0.25, 0.3) is 53.9 Å².